The summed E-state index contributed by atoms with van der Waals surface area (Å²) in [5.41, 5.74) is 3.86. The van der Waals surface area contributed by atoms with Gasteiger partial charge >= 0.3 is 0 Å². The maximum atomic E-state index is 12.0. The molecule has 5 rings (SSSR count). The molecule has 2 unspecified atom stereocenters. The van der Waals surface area contributed by atoms with Gasteiger partial charge in [0.25, 0.3) is 0 Å². The zero-order valence-corrected chi connectivity index (χ0v) is 18.4. The highest BCUT2D eigenvalue weighted by atomic mass is 16.2. The van der Waals surface area contributed by atoms with Gasteiger partial charge in [-0.15, -0.1) is 0 Å². The Hall–Kier alpha value is -2.65. The normalized spacial score (nSPS) is 22.7. The molecule has 1 aliphatic heterocycles. The summed E-state index contributed by atoms with van der Waals surface area (Å²) in [6.45, 7) is 3.16. The average molecular weight is 413 g/mol. The van der Waals surface area contributed by atoms with Crippen molar-refractivity contribution in [3.63, 3.8) is 0 Å². The van der Waals surface area contributed by atoms with Crippen LogP contribution in [0.1, 0.15) is 68.5 Å². The maximum absolute atomic E-state index is 12.0. The lowest BCUT2D eigenvalue weighted by Crippen LogP contribution is -2.35. The predicted molar refractivity (Wildman–Crippen MR) is 129 cm³/mol. The molecule has 3 aromatic rings. The highest BCUT2D eigenvalue weighted by Gasteiger charge is 2.26. The molecule has 1 saturated heterocycles. The van der Waals surface area contributed by atoms with Crippen LogP contribution < -0.4 is 10.2 Å². The number of fused-ring (bicyclic) bond motifs is 1. The molecule has 1 N–H and O–H groups in total. The van der Waals surface area contributed by atoms with Crippen molar-refractivity contribution in [1.29, 1.82) is 0 Å². The molecule has 3 atom stereocenters. The molecule has 31 heavy (non-hydrogen) atoms. The van der Waals surface area contributed by atoms with Gasteiger partial charge in [-0.1, -0.05) is 61.0 Å². The number of rotatable bonds is 5. The maximum Gasteiger partial charge on any atom is 0.227 e. The van der Waals surface area contributed by atoms with E-state index in [-0.39, 0.29) is 5.91 Å². The molecule has 1 amide bonds. The first-order valence-electron chi connectivity index (χ1n) is 11.8. The molecule has 1 aliphatic carbocycles. The lowest BCUT2D eigenvalue weighted by Gasteiger charge is -2.33. The fourth-order valence-corrected chi connectivity index (χ4v) is 5.56. The SMILES string of the molecule is C[C@@H](NC1CCCC(c2ccc(N3CCCC3=O)cc2)C1)c1cccc2ccccc12. The second kappa shape index (κ2) is 8.84. The van der Waals surface area contributed by atoms with Gasteiger partial charge in [0.2, 0.25) is 5.91 Å². The quantitative estimate of drug-likeness (QED) is 0.530. The Bertz CT molecular complexity index is 1050. The van der Waals surface area contributed by atoms with E-state index >= 15 is 0 Å². The highest BCUT2D eigenvalue weighted by molar-refractivity contribution is 5.95. The molecule has 0 radical (unpaired) electrons. The molecule has 1 saturated carbocycles. The fourth-order valence-electron chi connectivity index (χ4n) is 5.56. The van der Waals surface area contributed by atoms with E-state index in [4.69, 9.17) is 0 Å². The molecule has 3 heteroatoms. The van der Waals surface area contributed by atoms with E-state index in [2.05, 4.69) is 79.0 Å². The van der Waals surface area contributed by atoms with Crippen LogP contribution >= 0.6 is 0 Å². The summed E-state index contributed by atoms with van der Waals surface area (Å²) >= 11 is 0. The molecular formula is C28H32N2O. The summed E-state index contributed by atoms with van der Waals surface area (Å²) in [6, 6.07) is 25.0. The van der Waals surface area contributed by atoms with Gasteiger partial charge < -0.3 is 10.2 Å². The average Bonchev–Trinajstić information content (AvgIpc) is 3.25. The van der Waals surface area contributed by atoms with E-state index in [1.165, 1.54) is 47.6 Å². The first-order chi connectivity index (χ1) is 15.2. The standard InChI is InChI=1S/C28H32N2O/c1-20(26-12-5-8-22-7-2-3-11-27(22)26)29-24-10-4-9-23(19-24)21-14-16-25(17-15-21)30-18-6-13-28(30)31/h2-3,5,7-8,11-12,14-17,20,23-24,29H,4,6,9-10,13,18-19H2,1H3/t20-,23?,24?/m1/s1. The van der Waals surface area contributed by atoms with Gasteiger partial charge in [-0.2, -0.15) is 0 Å². The zero-order chi connectivity index (χ0) is 21.2. The monoisotopic (exact) mass is 412 g/mol. The summed E-state index contributed by atoms with van der Waals surface area (Å²) in [5.74, 6) is 0.853. The summed E-state index contributed by atoms with van der Waals surface area (Å²) in [4.78, 5) is 14.0. The number of hydrogen-bond acceptors (Lipinski definition) is 2. The van der Waals surface area contributed by atoms with Gasteiger partial charge in [0.15, 0.2) is 0 Å². The molecule has 2 aliphatic rings. The van der Waals surface area contributed by atoms with Crippen LogP contribution in [0.5, 0.6) is 0 Å². The molecule has 2 fully saturated rings. The third-order valence-corrected chi connectivity index (χ3v) is 7.20. The van der Waals surface area contributed by atoms with E-state index < -0.39 is 0 Å². The third-order valence-electron chi connectivity index (χ3n) is 7.20. The van der Waals surface area contributed by atoms with Crippen molar-refractivity contribution < 1.29 is 4.79 Å². The van der Waals surface area contributed by atoms with Crippen LogP contribution in [0.4, 0.5) is 5.69 Å². The Labute approximate surface area is 185 Å². The summed E-state index contributed by atoms with van der Waals surface area (Å²) < 4.78 is 0. The molecule has 0 bridgehead atoms. The highest BCUT2D eigenvalue weighted by Crippen LogP contribution is 2.35. The Kier molecular flexibility index (Phi) is 5.78. The van der Waals surface area contributed by atoms with E-state index in [1.807, 2.05) is 4.90 Å². The minimum Gasteiger partial charge on any atom is -0.312 e. The number of hydrogen-bond donors (Lipinski definition) is 1. The van der Waals surface area contributed by atoms with Gasteiger partial charge in [0, 0.05) is 30.7 Å². The predicted octanol–water partition coefficient (Wildman–Crippen LogP) is 6.34. The third kappa shape index (κ3) is 4.24. The van der Waals surface area contributed by atoms with Crippen LogP contribution in [-0.2, 0) is 4.79 Å². The van der Waals surface area contributed by atoms with Crippen LogP contribution in [0.2, 0.25) is 0 Å². The molecule has 0 spiro atoms. The molecule has 160 valence electrons. The van der Waals surface area contributed by atoms with E-state index in [1.54, 1.807) is 0 Å². The van der Waals surface area contributed by atoms with Crippen molar-refractivity contribution in [2.45, 2.75) is 63.5 Å². The number of anilines is 1. The van der Waals surface area contributed by atoms with Crippen LogP contribution in [-0.4, -0.2) is 18.5 Å². The smallest absolute Gasteiger partial charge is 0.227 e. The molecule has 3 nitrogen and oxygen atoms in total. The Morgan fingerprint density at radius 3 is 2.55 bits per heavy atom. The van der Waals surface area contributed by atoms with Crippen molar-refractivity contribution in [2.24, 2.45) is 0 Å². The van der Waals surface area contributed by atoms with Gasteiger partial charge in [-0.05, 0) is 72.6 Å². The van der Waals surface area contributed by atoms with Crippen molar-refractivity contribution >= 4 is 22.4 Å². The summed E-state index contributed by atoms with van der Waals surface area (Å²) in [7, 11) is 0. The number of amides is 1. The minimum atomic E-state index is 0.261. The Morgan fingerprint density at radius 1 is 0.935 bits per heavy atom. The lowest BCUT2D eigenvalue weighted by atomic mass is 9.81. The molecule has 0 aromatic heterocycles. The number of carbonyl (C=O) groups is 1. The van der Waals surface area contributed by atoms with Crippen LogP contribution in [0, 0.1) is 0 Å². The first-order valence-corrected chi connectivity index (χ1v) is 11.8. The van der Waals surface area contributed by atoms with Crippen LogP contribution in [0.3, 0.4) is 0 Å². The topological polar surface area (TPSA) is 32.3 Å². The largest absolute Gasteiger partial charge is 0.312 e. The Morgan fingerprint density at radius 2 is 1.74 bits per heavy atom. The van der Waals surface area contributed by atoms with Crippen molar-refractivity contribution in [3.05, 3.63) is 77.9 Å². The number of nitrogens with one attached hydrogen (secondary N) is 1. The van der Waals surface area contributed by atoms with Gasteiger partial charge in [0.1, 0.15) is 0 Å². The Balaban J connectivity index is 1.26. The van der Waals surface area contributed by atoms with E-state index in [0.29, 0.717) is 24.4 Å². The summed E-state index contributed by atoms with van der Waals surface area (Å²) in [5, 5.41) is 6.60. The number of benzene rings is 3. The number of nitrogens with zero attached hydrogens (tertiary/aromatic N) is 1. The minimum absolute atomic E-state index is 0.261. The van der Waals surface area contributed by atoms with E-state index in [9.17, 15) is 4.79 Å². The number of carbonyl (C=O) groups excluding carboxylic acids is 1. The van der Waals surface area contributed by atoms with Gasteiger partial charge in [-0.3, -0.25) is 4.79 Å². The van der Waals surface area contributed by atoms with Crippen LogP contribution in [0.25, 0.3) is 10.8 Å². The zero-order valence-electron chi connectivity index (χ0n) is 18.4. The second-order valence-corrected chi connectivity index (χ2v) is 9.26. The fraction of sp³-hybridized carbons (Fsp3) is 0.393. The van der Waals surface area contributed by atoms with Gasteiger partial charge in [-0.25, -0.2) is 0 Å². The van der Waals surface area contributed by atoms with E-state index in [0.717, 1.165) is 18.7 Å². The van der Waals surface area contributed by atoms with Crippen molar-refractivity contribution in [2.75, 3.05) is 11.4 Å². The molecule has 1 heterocycles. The summed E-state index contributed by atoms with van der Waals surface area (Å²) in [6.07, 6.45) is 6.60. The van der Waals surface area contributed by atoms with Crippen molar-refractivity contribution in [1.82, 2.24) is 5.32 Å². The van der Waals surface area contributed by atoms with Crippen LogP contribution in [0.15, 0.2) is 66.7 Å². The van der Waals surface area contributed by atoms with Gasteiger partial charge in [0.05, 0.1) is 0 Å². The first kappa shape index (κ1) is 20.3. The lowest BCUT2D eigenvalue weighted by molar-refractivity contribution is -0.117. The molecule has 3 aromatic carbocycles. The molecular weight excluding hydrogens is 380 g/mol. The van der Waals surface area contributed by atoms with Crippen molar-refractivity contribution in [3.8, 4) is 0 Å². The second-order valence-electron chi connectivity index (χ2n) is 9.26.